The molecule has 0 bridgehead atoms. The van der Waals surface area contributed by atoms with Crippen molar-refractivity contribution in [1.82, 2.24) is 0 Å². The van der Waals surface area contributed by atoms with Gasteiger partial charge in [0, 0.05) is 5.56 Å². The molecule has 0 nitrogen and oxygen atoms in total. The van der Waals surface area contributed by atoms with Crippen LogP contribution in [0.1, 0.15) is 30.9 Å². The lowest BCUT2D eigenvalue weighted by atomic mass is 9.89. The lowest BCUT2D eigenvalue weighted by molar-refractivity contribution is 0.629. The lowest BCUT2D eigenvalue weighted by Crippen LogP contribution is -2.03. The summed E-state index contributed by atoms with van der Waals surface area (Å²) >= 11 is 0. The molecule has 3 rings (SSSR count). The summed E-state index contributed by atoms with van der Waals surface area (Å²) in [4.78, 5) is 0. The molecule has 2 aromatic rings. The summed E-state index contributed by atoms with van der Waals surface area (Å²) in [5.41, 5.74) is 4.28. The van der Waals surface area contributed by atoms with Gasteiger partial charge in [0.1, 0.15) is 5.82 Å². The fraction of sp³-hybridized carbons (Fsp3) is 0.294. The average Bonchev–Trinajstić information content (AvgIpc) is 3.09. The van der Waals surface area contributed by atoms with Crippen LogP contribution in [0.15, 0.2) is 42.5 Å². The highest BCUT2D eigenvalue weighted by atomic mass is 19.1. The second kappa shape index (κ2) is 3.94. The second-order valence-corrected chi connectivity index (χ2v) is 5.59. The van der Waals surface area contributed by atoms with E-state index in [0.717, 1.165) is 16.7 Å². The predicted octanol–water partition coefficient (Wildman–Crippen LogP) is 4.85. The molecule has 2 aromatic carbocycles. The van der Waals surface area contributed by atoms with Crippen molar-refractivity contribution < 1.29 is 4.39 Å². The molecule has 0 unspecified atom stereocenters. The molecule has 1 fully saturated rings. The van der Waals surface area contributed by atoms with Crippen molar-refractivity contribution in [2.24, 2.45) is 0 Å². The molecule has 1 saturated carbocycles. The predicted molar refractivity (Wildman–Crippen MR) is 73.2 cm³/mol. The normalized spacial score (nSPS) is 16.6. The average molecular weight is 240 g/mol. The van der Waals surface area contributed by atoms with Gasteiger partial charge in [-0.25, -0.2) is 4.39 Å². The fourth-order valence-electron chi connectivity index (χ4n) is 2.54. The zero-order chi connectivity index (χ0) is 12.8. The van der Waals surface area contributed by atoms with Gasteiger partial charge >= 0.3 is 0 Å². The molecule has 0 saturated heterocycles. The minimum absolute atomic E-state index is 0.119. The second-order valence-electron chi connectivity index (χ2n) is 5.59. The highest BCUT2D eigenvalue weighted by Crippen LogP contribution is 2.50. The van der Waals surface area contributed by atoms with Gasteiger partial charge in [0.05, 0.1) is 0 Å². The highest BCUT2D eigenvalue weighted by molar-refractivity contribution is 5.70. The Hall–Kier alpha value is -1.63. The standard InChI is InChI=1S/C17H17F/c1-12-7-8-14(16(18)11-12)13-5-3-4-6-15(13)17(2)9-10-17/h3-8,11H,9-10H2,1-2H3. The molecule has 1 aliphatic carbocycles. The molecule has 92 valence electrons. The molecule has 0 atom stereocenters. The Morgan fingerprint density at radius 1 is 1.00 bits per heavy atom. The van der Waals surface area contributed by atoms with Gasteiger partial charge in [-0.15, -0.1) is 0 Å². The first kappa shape index (κ1) is 11.5. The fourth-order valence-corrected chi connectivity index (χ4v) is 2.54. The molecule has 0 radical (unpaired) electrons. The minimum atomic E-state index is -0.119. The van der Waals surface area contributed by atoms with Crippen molar-refractivity contribution in [1.29, 1.82) is 0 Å². The Morgan fingerprint density at radius 3 is 2.39 bits per heavy atom. The summed E-state index contributed by atoms with van der Waals surface area (Å²) in [6.45, 7) is 4.18. The zero-order valence-electron chi connectivity index (χ0n) is 10.8. The van der Waals surface area contributed by atoms with E-state index in [1.54, 1.807) is 6.07 Å². The van der Waals surface area contributed by atoms with Crippen molar-refractivity contribution in [3.8, 4) is 11.1 Å². The number of benzene rings is 2. The number of halogens is 1. The van der Waals surface area contributed by atoms with Crippen molar-refractivity contribution in [2.75, 3.05) is 0 Å². The van der Waals surface area contributed by atoms with E-state index in [-0.39, 0.29) is 11.2 Å². The first-order valence-electron chi connectivity index (χ1n) is 6.46. The van der Waals surface area contributed by atoms with Gasteiger partial charge in [-0.05, 0) is 47.9 Å². The van der Waals surface area contributed by atoms with E-state index in [0.29, 0.717) is 0 Å². The maximum absolute atomic E-state index is 14.1. The van der Waals surface area contributed by atoms with Crippen molar-refractivity contribution in [3.63, 3.8) is 0 Å². The van der Waals surface area contributed by atoms with Crippen LogP contribution in [-0.4, -0.2) is 0 Å². The van der Waals surface area contributed by atoms with Crippen LogP contribution in [0, 0.1) is 12.7 Å². The Bertz CT molecular complexity index is 594. The molecular formula is C17H17F. The lowest BCUT2D eigenvalue weighted by Gasteiger charge is -2.16. The molecule has 18 heavy (non-hydrogen) atoms. The Kier molecular flexibility index (Phi) is 2.51. The third-order valence-corrected chi connectivity index (χ3v) is 3.99. The van der Waals surface area contributed by atoms with Gasteiger partial charge in [-0.2, -0.15) is 0 Å². The van der Waals surface area contributed by atoms with Crippen LogP contribution >= 0.6 is 0 Å². The molecule has 0 spiro atoms. The van der Waals surface area contributed by atoms with Crippen LogP contribution in [0.25, 0.3) is 11.1 Å². The van der Waals surface area contributed by atoms with Crippen LogP contribution in [0.5, 0.6) is 0 Å². The minimum Gasteiger partial charge on any atom is -0.206 e. The Labute approximate surface area is 107 Å². The Balaban J connectivity index is 2.17. The first-order valence-corrected chi connectivity index (χ1v) is 6.46. The van der Waals surface area contributed by atoms with Gasteiger partial charge in [0.25, 0.3) is 0 Å². The Morgan fingerprint density at radius 2 is 1.72 bits per heavy atom. The smallest absolute Gasteiger partial charge is 0.131 e. The van der Waals surface area contributed by atoms with Crippen LogP contribution < -0.4 is 0 Å². The van der Waals surface area contributed by atoms with E-state index in [9.17, 15) is 4.39 Å². The molecule has 0 aliphatic heterocycles. The summed E-state index contributed by atoms with van der Waals surface area (Å²) in [5, 5.41) is 0. The van der Waals surface area contributed by atoms with Crippen molar-refractivity contribution in [3.05, 3.63) is 59.4 Å². The van der Waals surface area contributed by atoms with Gasteiger partial charge in [0.15, 0.2) is 0 Å². The highest BCUT2D eigenvalue weighted by Gasteiger charge is 2.40. The van der Waals surface area contributed by atoms with E-state index in [2.05, 4.69) is 19.1 Å². The molecule has 1 heteroatoms. The molecule has 0 heterocycles. The number of hydrogen-bond donors (Lipinski definition) is 0. The summed E-state index contributed by atoms with van der Waals surface area (Å²) in [6.07, 6.45) is 2.41. The molecule has 1 aliphatic rings. The van der Waals surface area contributed by atoms with Crippen molar-refractivity contribution in [2.45, 2.75) is 32.1 Å². The van der Waals surface area contributed by atoms with E-state index in [4.69, 9.17) is 0 Å². The van der Waals surface area contributed by atoms with Gasteiger partial charge in [-0.1, -0.05) is 43.3 Å². The molecule has 0 aromatic heterocycles. The SMILES string of the molecule is Cc1ccc(-c2ccccc2C2(C)CC2)c(F)c1. The first-order chi connectivity index (χ1) is 8.60. The number of rotatable bonds is 2. The quantitative estimate of drug-likeness (QED) is 0.703. The van der Waals surface area contributed by atoms with E-state index < -0.39 is 0 Å². The zero-order valence-corrected chi connectivity index (χ0v) is 10.8. The largest absolute Gasteiger partial charge is 0.206 e. The van der Waals surface area contributed by atoms with Gasteiger partial charge in [-0.3, -0.25) is 0 Å². The number of hydrogen-bond acceptors (Lipinski definition) is 0. The van der Waals surface area contributed by atoms with Crippen LogP contribution in [0.2, 0.25) is 0 Å². The van der Waals surface area contributed by atoms with E-state index >= 15 is 0 Å². The summed E-state index contributed by atoms with van der Waals surface area (Å²) in [5.74, 6) is -0.119. The van der Waals surface area contributed by atoms with Gasteiger partial charge in [0.2, 0.25) is 0 Å². The summed E-state index contributed by atoms with van der Waals surface area (Å²) in [6, 6.07) is 13.7. The van der Waals surface area contributed by atoms with Crippen LogP contribution in [0.3, 0.4) is 0 Å². The van der Waals surface area contributed by atoms with Gasteiger partial charge < -0.3 is 0 Å². The molecule has 0 amide bonds. The maximum Gasteiger partial charge on any atom is 0.131 e. The van der Waals surface area contributed by atoms with E-state index in [1.165, 1.54) is 18.4 Å². The third kappa shape index (κ3) is 1.84. The summed E-state index contributed by atoms with van der Waals surface area (Å²) < 4.78 is 14.1. The van der Waals surface area contributed by atoms with Crippen LogP contribution in [-0.2, 0) is 5.41 Å². The third-order valence-electron chi connectivity index (χ3n) is 3.99. The van der Waals surface area contributed by atoms with Crippen LogP contribution in [0.4, 0.5) is 4.39 Å². The molecule has 0 N–H and O–H groups in total. The van der Waals surface area contributed by atoms with Crippen molar-refractivity contribution >= 4 is 0 Å². The summed E-state index contributed by atoms with van der Waals surface area (Å²) in [7, 11) is 0. The topological polar surface area (TPSA) is 0 Å². The number of aryl methyl sites for hydroxylation is 1. The van der Waals surface area contributed by atoms with E-state index in [1.807, 2.05) is 31.2 Å². The maximum atomic E-state index is 14.1. The molecular weight excluding hydrogens is 223 g/mol. The monoisotopic (exact) mass is 240 g/mol.